The van der Waals surface area contributed by atoms with Gasteiger partial charge in [0.15, 0.2) is 0 Å². The molecule has 0 aliphatic carbocycles. The minimum Gasteiger partial charge on any atom is -0.508 e. The fourth-order valence-corrected chi connectivity index (χ4v) is 1.77. The number of nitrogens with two attached hydrogens (primary N) is 1. The third-order valence-corrected chi connectivity index (χ3v) is 2.89. The Balaban J connectivity index is 1.94. The van der Waals surface area contributed by atoms with Gasteiger partial charge >= 0.3 is 0 Å². The molecule has 0 saturated heterocycles. The molecule has 0 aliphatic heterocycles. The number of anilines is 1. The first-order valence-corrected chi connectivity index (χ1v) is 6.17. The molecule has 104 valence electrons. The van der Waals surface area contributed by atoms with Crippen molar-refractivity contribution in [2.24, 2.45) is 0 Å². The van der Waals surface area contributed by atoms with E-state index in [0.717, 1.165) is 0 Å². The zero-order chi connectivity index (χ0) is 14.5. The van der Waals surface area contributed by atoms with E-state index in [1.54, 1.807) is 36.4 Å². The molecule has 0 aromatic heterocycles. The Morgan fingerprint density at radius 1 is 1.20 bits per heavy atom. The van der Waals surface area contributed by atoms with Gasteiger partial charge in [-0.25, -0.2) is 0 Å². The Morgan fingerprint density at radius 2 is 1.90 bits per heavy atom. The van der Waals surface area contributed by atoms with Gasteiger partial charge in [0, 0.05) is 17.8 Å². The normalized spacial score (nSPS) is 11.8. The Labute approximate surface area is 116 Å². The summed E-state index contributed by atoms with van der Waals surface area (Å²) < 4.78 is 0. The molecule has 0 radical (unpaired) electrons. The quantitative estimate of drug-likeness (QED) is 0.633. The summed E-state index contributed by atoms with van der Waals surface area (Å²) >= 11 is 0. The maximum atomic E-state index is 11.8. The second-order valence-electron chi connectivity index (χ2n) is 4.44. The molecule has 0 heterocycles. The fraction of sp³-hybridized carbons (Fsp3) is 0.133. The van der Waals surface area contributed by atoms with Crippen molar-refractivity contribution in [3.63, 3.8) is 0 Å². The van der Waals surface area contributed by atoms with Crippen molar-refractivity contribution in [3.8, 4) is 5.75 Å². The molecule has 2 rings (SSSR count). The largest absolute Gasteiger partial charge is 0.508 e. The van der Waals surface area contributed by atoms with Gasteiger partial charge in [-0.3, -0.25) is 4.79 Å². The monoisotopic (exact) mass is 272 g/mol. The number of rotatable bonds is 4. The lowest BCUT2D eigenvalue weighted by atomic mass is 10.1. The minimum atomic E-state index is -0.808. The number of nitrogen functional groups attached to an aromatic ring is 1. The Morgan fingerprint density at radius 3 is 2.55 bits per heavy atom. The summed E-state index contributed by atoms with van der Waals surface area (Å²) in [4.78, 5) is 11.8. The van der Waals surface area contributed by atoms with Crippen LogP contribution in [0.15, 0.2) is 48.5 Å². The van der Waals surface area contributed by atoms with E-state index in [-0.39, 0.29) is 18.2 Å². The summed E-state index contributed by atoms with van der Waals surface area (Å²) in [6.07, 6.45) is -0.808. The van der Waals surface area contributed by atoms with Crippen LogP contribution in [0.5, 0.6) is 5.75 Å². The summed E-state index contributed by atoms with van der Waals surface area (Å²) in [6, 6.07) is 12.8. The van der Waals surface area contributed by atoms with Crippen LogP contribution in [0.25, 0.3) is 0 Å². The number of carbonyl (C=O) groups is 1. The molecule has 2 aromatic rings. The number of hydrogen-bond acceptors (Lipinski definition) is 4. The molecule has 1 atom stereocenters. The van der Waals surface area contributed by atoms with Crippen LogP contribution < -0.4 is 11.1 Å². The van der Waals surface area contributed by atoms with Crippen LogP contribution in [0.2, 0.25) is 0 Å². The Bertz CT molecular complexity index is 596. The fourth-order valence-electron chi connectivity index (χ4n) is 1.77. The number of aliphatic hydroxyl groups excluding tert-OH is 1. The molecule has 1 unspecified atom stereocenters. The van der Waals surface area contributed by atoms with Gasteiger partial charge in [0.1, 0.15) is 5.75 Å². The van der Waals surface area contributed by atoms with E-state index in [4.69, 9.17) is 5.73 Å². The molecule has 20 heavy (non-hydrogen) atoms. The number of aromatic hydroxyl groups is 1. The first-order chi connectivity index (χ1) is 9.56. The van der Waals surface area contributed by atoms with Gasteiger partial charge in [0.25, 0.3) is 5.91 Å². The van der Waals surface area contributed by atoms with Gasteiger partial charge in [-0.15, -0.1) is 0 Å². The average molecular weight is 272 g/mol. The van der Waals surface area contributed by atoms with Crippen molar-refractivity contribution in [2.45, 2.75) is 6.10 Å². The maximum absolute atomic E-state index is 11.8. The highest BCUT2D eigenvalue weighted by Crippen LogP contribution is 2.15. The van der Waals surface area contributed by atoms with Crippen LogP contribution in [0.3, 0.4) is 0 Å². The van der Waals surface area contributed by atoms with Gasteiger partial charge < -0.3 is 21.3 Å². The third kappa shape index (κ3) is 3.49. The zero-order valence-corrected chi connectivity index (χ0v) is 10.8. The third-order valence-electron chi connectivity index (χ3n) is 2.89. The molecule has 0 aliphatic rings. The lowest BCUT2D eigenvalue weighted by Crippen LogP contribution is -2.28. The lowest BCUT2D eigenvalue weighted by Gasteiger charge is -2.12. The predicted molar refractivity (Wildman–Crippen MR) is 76.3 cm³/mol. The molecule has 5 heteroatoms. The maximum Gasteiger partial charge on any atom is 0.251 e. The molecule has 2 aromatic carbocycles. The smallest absolute Gasteiger partial charge is 0.251 e. The first-order valence-electron chi connectivity index (χ1n) is 6.17. The zero-order valence-electron chi connectivity index (χ0n) is 10.8. The van der Waals surface area contributed by atoms with Crippen LogP contribution in [-0.4, -0.2) is 22.7 Å². The highest BCUT2D eigenvalue weighted by atomic mass is 16.3. The Kier molecular flexibility index (Phi) is 4.22. The molecule has 0 fully saturated rings. The van der Waals surface area contributed by atoms with Crippen LogP contribution in [0, 0.1) is 0 Å². The minimum absolute atomic E-state index is 0.0248. The molecule has 5 N–H and O–H groups in total. The molecular weight excluding hydrogens is 256 g/mol. The second-order valence-corrected chi connectivity index (χ2v) is 4.44. The van der Waals surface area contributed by atoms with Crippen LogP contribution in [0.1, 0.15) is 22.0 Å². The van der Waals surface area contributed by atoms with Crippen LogP contribution >= 0.6 is 0 Å². The van der Waals surface area contributed by atoms with Gasteiger partial charge in [0.2, 0.25) is 0 Å². The molecule has 5 nitrogen and oxygen atoms in total. The number of aliphatic hydroxyl groups is 1. The molecule has 0 bridgehead atoms. The number of carbonyl (C=O) groups excluding carboxylic acids is 1. The summed E-state index contributed by atoms with van der Waals surface area (Å²) in [6.45, 7) is 0.0818. The van der Waals surface area contributed by atoms with E-state index in [9.17, 15) is 15.0 Å². The Hall–Kier alpha value is -2.53. The highest BCUT2D eigenvalue weighted by molar-refractivity contribution is 5.94. The standard InChI is InChI=1S/C15H16N2O3/c16-12-6-4-10(5-7-12)14(19)9-17-15(20)11-2-1-3-13(18)8-11/h1-8,14,18-19H,9,16H2,(H,17,20). The van der Waals surface area contributed by atoms with Crippen molar-refractivity contribution >= 4 is 11.6 Å². The van der Waals surface area contributed by atoms with Crippen molar-refractivity contribution in [1.82, 2.24) is 5.32 Å². The summed E-state index contributed by atoms with van der Waals surface area (Å²) in [5.74, 6) is -0.327. The van der Waals surface area contributed by atoms with Gasteiger partial charge in [-0.05, 0) is 35.9 Å². The van der Waals surface area contributed by atoms with Crippen molar-refractivity contribution < 1.29 is 15.0 Å². The van der Waals surface area contributed by atoms with E-state index in [1.807, 2.05) is 0 Å². The summed E-state index contributed by atoms with van der Waals surface area (Å²) in [5.41, 5.74) is 7.20. The van der Waals surface area contributed by atoms with Crippen LogP contribution in [0.4, 0.5) is 5.69 Å². The number of phenolic OH excluding ortho intramolecular Hbond substituents is 1. The summed E-state index contributed by atoms with van der Waals surface area (Å²) in [7, 11) is 0. The molecule has 1 amide bonds. The highest BCUT2D eigenvalue weighted by Gasteiger charge is 2.11. The van der Waals surface area contributed by atoms with E-state index in [0.29, 0.717) is 16.8 Å². The average Bonchev–Trinajstić information content (AvgIpc) is 2.45. The number of benzene rings is 2. The molecular formula is C15H16N2O3. The topological polar surface area (TPSA) is 95.6 Å². The van der Waals surface area contributed by atoms with Crippen LogP contribution in [-0.2, 0) is 0 Å². The number of amides is 1. The van der Waals surface area contributed by atoms with Gasteiger partial charge in [-0.2, -0.15) is 0 Å². The van der Waals surface area contributed by atoms with Gasteiger partial charge in [0.05, 0.1) is 6.10 Å². The van der Waals surface area contributed by atoms with Gasteiger partial charge in [-0.1, -0.05) is 18.2 Å². The van der Waals surface area contributed by atoms with E-state index in [2.05, 4.69) is 5.32 Å². The summed E-state index contributed by atoms with van der Waals surface area (Å²) in [5, 5.41) is 21.9. The predicted octanol–water partition coefficient (Wildman–Crippen LogP) is 1.44. The first kappa shape index (κ1) is 13.9. The number of phenols is 1. The SMILES string of the molecule is Nc1ccc(C(O)CNC(=O)c2cccc(O)c2)cc1. The van der Waals surface area contributed by atoms with Crippen molar-refractivity contribution in [1.29, 1.82) is 0 Å². The molecule has 0 saturated carbocycles. The van der Waals surface area contributed by atoms with Crippen molar-refractivity contribution in [2.75, 3.05) is 12.3 Å². The lowest BCUT2D eigenvalue weighted by molar-refractivity contribution is 0.0916. The molecule has 0 spiro atoms. The van der Waals surface area contributed by atoms with Crippen molar-refractivity contribution in [3.05, 3.63) is 59.7 Å². The van der Waals surface area contributed by atoms with E-state index >= 15 is 0 Å². The number of nitrogens with one attached hydrogen (secondary N) is 1. The van der Waals surface area contributed by atoms with E-state index in [1.165, 1.54) is 12.1 Å². The second kappa shape index (κ2) is 6.08. The van der Waals surface area contributed by atoms with E-state index < -0.39 is 6.10 Å². The number of hydrogen-bond donors (Lipinski definition) is 4.